The molecule has 1 saturated heterocycles. The molecule has 2 aromatic carbocycles. The Kier molecular flexibility index (Phi) is 4.35. The lowest BCUT2D eigenvalue weighted by atomic mass is 9.83. The van der Waals surface area contributed by atoms with Gasteiger partial charge in [-0.25, -0.2) is 0 Å². The molecule has 0 saturated carbocycles. The first-order valence-corrected chi connectivity index (χ1v) is 7.97. The molecule has 0 bridgehead atoms. The third-order valence-electron chi connectivity index (χ3n) is 4.72. The molecule has 110 valence electrons. The lowest BCUT2D eigenvalue weighted by molar-refractivity contribution is 0.0943. The van der Waals surface area contributed by atoms with Crippen LogP contribution in [0.1, 0.15) is 36.5 Å². The molecule has 2 aromatic rings. The van der Waals surface area contributed by atoms with Gasteiger partial charge < -0.3 is 5.32 Å². The quantitative estimate of drug-likeness (QED) is 0.857. The van der Waals surface area contributed by atoms with E-state index in [1.54, 1.807) is 0 Å². The van der Waals surface area contributed by atoms with E-state index in [1.807, 2.05) is 24.3 Å². The largest absolute Gasteiger partial charge is 0.316 e. The number of nitrogens with one attached hydrogen (secondary N) is 1. The molecule has 0 aliphatic carbocycles. The number of carbonyl (C=O) groups excluding carboxylic acids is 1. The van der Waals surface area contributed by atoms with Crippen molar-refractivity contribution >= 4 is 16.6 Å². The predicted octanol–water partition coefficient (Wildman–Crippen LogP) is 4.05. The monoisotopic (exact) mass is 281 g/mol. The molecule has 3 rings (SSSR count). The molecule has 2 heteroatoms. The van der Waals surface area contributed by atoms with Gasteiger partial charge in [0.25, 0.3) is 0 Å². The maximum atomic E-state index is 12.5. The standard InChI is InChI=1S/C19H23NO/c1-14(18-7-4-10-20-13-18)11-19(21)17-9-8-15-5-2-3-6-16(15)12-17/h2-3,5-6,8-9,12,14,18,20H,4,7,10-11,13H2,1H3. The van der Waals surface area contributed by atoms with Gasteiger partial charge in [-0.05, 0) is 54.6 Å². The van der Waals surface area contributed by atoms with Gasteiger partial charge in [-0.15, -0.1) is 0 Å². The molecule has 0 radical (unpaired) electrons. The van der Waals surface area contributed by atoms with E-state index in [1.165, 1.54) is 18.2 Å². The fourth-order valence-electron chi connectivity index (χ4n) is 3.30. The van der Waals surface area contributed by atoms with Gasteiger partial charge in [-0.2, -0.15) is 0 Å². The molecule has 1 aliphatic heterocycles. The molecule has 0 spiro atoms. The van der Waals surface area contributed by atoms with E-state index in [4.69, 9.17) is 0 Å². The third kappa shape index (κ3) is 3.33. The summed E-state index contributed by atoms with van der Waals surface area (Å²) < 4.78 is 0. The maximum Gasteiger partial charge on any atom is 0.163 e. The van der Waals surface area contributed by atoms with Gasteiger partial charge in [0.2, 0.25) is 0 Å². The zero-order chi connectivity index (χ0) is 14.7. The number of fused-ring (bicyclic) bond motifs is 1. The summed E-state index contributed by atoms with van der Waals surface area (Å²) in [5, 5.41) is 5.78. The van der Waals surface area contributed by atoms with Crippen LogP contribution < -0.4 is 5.32 Å². The molecular weight excluding hydrogens is 258 g/mol. The molecule has 0 aromatic heterocycles. The van der Waals surface area contributed by atoms with Crippen LogP contribution in [0.4, 0.5) is 0 Å². The van der Waals surface area contributed by atoms with Crippen LogP contribution in [0.15, 0.2) is 42.5 Å². The Morgan fingerprint density at radius 1 is 1.24 bits per heavy atom. The highest BCUT2D eigenvalue weighted by molar-refractivity contribution is 6.00. The highest BCUT2D eigenvalue weighted by Crippen LogP contribution is 2.25. The fourth-order valence-corrected chi connectivity index (χ4v) is 3.30. The van der Waals surface area contributed by atoms with Gasteiger partial charge in [-0.1, -0.05) is 43.3 Å². The predicted molar refractivity (Wildman–Crippen MR) is 87.7 cm³/mol. The SMILES string of the molecule is CC(CC(=O)c1ccc2ccccc2c1)C1CCCNC1. The van der Waals surface area contributed by atoms with Crippen LogP contribution in [0.25, 0.3) is 10.8 Å². The molecule has 1 heterocycles. The summed E-state index contributed by atoms with van der Waals surface area (Å²) in [7, 11) is 0. The Balaban J connectivity index is 1.71. The van der Waals surface area contributed by atoms with Gasteiger partial charge in [0.15, 0.2) is 5.78 Å². The zero-order valence-electron chi connectivity index (χ0n) is 12.6. The summed E-state index contributed by atoms with van der Waals surface area (Å²) in [5.74, 6) is 1.37. The number of benzene rings is 2. The van der Waals surface area contributed by atoms with E-state index in [9.17, 15) is 4.79 Å². The average Bonchev–Trinajstić information content (AvgIpc) is 2.55. The minimum Gasteiger partial charge on any atom is -0.316 e. The second-order valence-corrected chi connectivity index (χ2v) is 6.27. The average molecular weight is 281 g/mol. The summed E-state index contributed by atoms with van der Waals surface area (Å²) in [5.41, 5.74) is 0.851. The van der Waals surface area contributed by atoms with Crippen molar-refractivity contribution in [2.24, 2.45) is 11.8 Å². The van der Waals surface area contributed by atoms with Crippen molar-refractivity contribution in [1.29, 1.82) is 0 Å². The fraction of sp³-hybridized carbons (Fsp3) is 0.421. The number of hydrogen-bond donors (Lipinski definition) is 1. The highest BCUT2D eigenvalue weighted by atomic mass is 16.1. The van der Waals surface area contributed by atoms with Crippen LogP contribution in [-0.2, 0) is 0 Å². The maximum absolute atomic E-state index is 12.5. The minimum atomic E-state index is 0.277. The van der Waals surface area contributed by atoms with Crippen LogP contribution in [0.5, 0.6) is 0 Å². The molecule has 0 amide bonds. The molecular formula is C19H23NO. The van der Waals surface area contributed by atoms with Gasteiger partial charge in [0.05, 0.1) is 0 Å². The Morgan fingerprint density at radius 3 is 2.81 bits per heavy atom. The number of hydrogen-bond acceptors (Lipinski definition) is 2. The summed E-state index contributed by atoms with van der Waals surface area (Å²) in [6.07, 6.45) is 3.14. The lowest BCUT2D eigenvalue weighted by Crippen LogP contribution is -2.34. The number of piperidine rings is 1. The number of Topliss-reactive ketones (excluding diaryl/α,β-unsaturated/α-hetero) is 1. The van der Waals surface area contributed by atoms with E-state index in [-0.39, 0.29) is 5.78 Å². The Morgan fingerprint density at radius 2 is 2.05 bits per heavy atom. The summed E-state index contributed by atoms with van der Waals surface area (Å²) in [6.45, 7) is 4.41. The second kappa shape index (κ2) is 6.40. The summed E-state index contributed by atoms with van der Waals surface area (Å²) in [4.78, 5) is 12.5. The summed E-state index contributed by atoms with van der Waals surface area (Å²) in [6, 6.07) is 14.3. The van der Waals surface area contributed by atoms with Gasteiger partial charge in [-0.3, -0.25) is 4.79 Å². The third-order valence-corrected chi connectivity index (χ3v) is 4.72. The van der Waals surface area contributed by atoms with Crippen LogP contribution in [0.3, 0.4) is 0 Å². The summed E-state index contributed by atoms with van der Waals surface area (Å²) >= 11 is 0. The van der Waals surface area contributed by atoms with Crippen LogP contribution in [0.2, 0.25) is 0 Å². The van der Waals surface area contributed by atoms with Crippen LogP contribution in [-0.4, -0.2) is 18.9 Å². The van der Waals surface area contributed by atoms with E-state index in [0.717, 1.165) is 24.0 Å². The zero-order valence-corrected chi connectivity index (χ0v) is 12.6. The second-order valence-electron chi connectivity index (χ2n) is 6.27. The Hall–Kier alpha value is -1.67. The van der Waals surface area contributed by atoms with E-state index >= 15 is 0 Å². The van der Waals surface area contributed by atoms with E-state index in [0.29, 0.717) is 18.3 Å². The topological polar surface area (TPSA) is 29.1 Å². The number of rotatable bonds is 4. The smallest absolute Gasteiger partial charge is 0.163 e. The number of carbonyl (C=O) groups is 1. The van der Waals surface area contributed by atoms with Crippen molar-refractivity contribution in [2.45, 2.75) is 26.2 Å². The minimum absolute atomic E-state index is 0.277. The number of ketones is 1. The van der Waals surface area contributed by atoms with Crippen LogP contribution in [0, 0.1) is 11.8 Å². The van der Waals surface area contributed by atoms with Crippen molar-refractivity contribution in [2.75, 3.05) is 13.1 Å². The first kappa shape index (κ1) is 14.3. The molecule has 21 heavy (non-hydrogen) atoms. The molecule has 1 N–H and O–H groups in total. The molecule has 1 fully saturated rings. The first-order chi connectivity index (χ1) is 10.2. The van der Waals surface area contributed by atoms with Crippen molar-refractivity contribution in [3.63, 3.8) is 0 Å². The van der Waals surface area contributed by atoms with Gasteiger partial charge in [0.1, 0.15) is 0 Å². The molecule has 2 unspecified atom stereocenters. The van der Waals surface area contributed by atoms with Gasteiger partial charge in [0, 0.05) is 12.0 Å². The van der Waals surface area contributed by atoms with Crippen molar-refractivity contribution in [3.8, 4) is 0 Å². The normalized spacial score (nSPS) is 20.3. The van der Waals surface area contributed by atoms with Crippen molar-refractivity contribution < 1.29 is 4.79 Å². The van der Waals surface area contributed by atoms with E-state index < -0.39 is 0 Å². The van der Waals surface area contributed by atoms with Crippen LogP contribution >= 0.6 is 0 Å². The lowest BCUT2D eigenvalue weighted by Gasteiger charge is -2.28. The Bertz CT molecular complexity index is 628. The van der Waals surface area contributed by atoms with Crippen molar-refractivity contribution in [1.82, 2.24) is 5.32 Å². The Labute approximate surface area is 126 Å². The first-order valence-electron chi connectivity index (χ1n) is 7.97. The van der Waals surface area contributed by atoms with Crippen molar-refractivity contribution in [3.05, 3.63) is 48.0 Å². The highest BCUT2D eigenvalue weighted by Gasteiger charge is 2.22. The molecule has 1 aliphatic rings. The van der Waals surface area contributed by atoms with Gasteiger partial charge >= 0.3 is 0 Å². The molecule has 2 atom stereocenters. The van der Waals surface area contributed by atoms with E-state index in [2.05, 4.69) is 30.4 Å². The molecule has 2 nitrogen and oxygen atoms in total.